The number of benzene rings is 2. The number of fused-ring (bicyclic) bond motifs is 1. The standard InChI is InChI=1S/C23H20N2O5S/c1-14-8-9-19(28-2)18(12-14)25-21(26)16-6-4-5-7-17(16)24-23(25)31-13-15-10-11-30-20(15)22(27)29-3/h4-12H,13H2,1-3H3. The SMILES string of the molecule is COC(=O)c1occc1CSc1nc2ccccc2c(=O)n1-c1cc(C)ccc1OC. The molecule has 2 heterocycles. The number of hydrogen-bond donors (Lipinski definition) is 0. The van der Waals surface area contributed by atoms with Gasteiger partial charge in [0.15, 0.2) is 5.16 Å². The zero-order valence-electron chi connectivity index (χ0n) is 17.2. The van der Waals surface area contributed by atoms with E-state index in [9.17, 15) is 9.59 Å². The first-order chi connectivity index (χ1) is 15.0. The average Bonchev–Trinajstić information content (AvgIpc) is 3.26. The van der Waals surface area contributed by atoms with Gasteiger partial charge in [0.1, 0.15) is 5.75 Å². The van der Waals surface area contributed by atoms with E-state index in [1.807, 2.05) is 37.3 Å². The molecule has 0 saturated carbocycles. The highest BCUT2D eigenvalue weighted by Gasteiger charge is 2.20. The maximum Gasteiger partial charge on any atom is 0.374 e. The third-order valence-electron chi connectivity index (χ3n) is 4.79. The van der Waals surface area contributed by atoms with Gasteiger partial charge in [-0.15, -0.1) is 0 Å². The number of carbonyl (C=O) groups is 1. The number of esters is 1. The first kappa shape index (κ1) is 20.7. The van der Waals surface area contributed by atoms with Crippen LogP contribution < -0.4 is 10.3 Å². The van der Waals surface area contributed by atoms with Crippen molar-refractivity contribution in [2.24, 2.45) is 0 Å². The topological polar surface area (TPSA) is 83.6 Å². The predicted molar refractivity (Wildman–Crippen MR) is 118 cm³/mol. The molecule has 0 aliphatic rings. The van der Waals surface area contributed by atoms with Crippen molar-refractivity contribution in [3.63, 3.8) is 0 Å². The summed E-state index contributed by atoms with van der Waals surface area (Å²) in [7, 11) is 2.86. The number of ether oxygens (including phenoxy) is 2. The van der Waals surface area contributed by atoms with Gasteiger partial charge in [-0.2, -0.15) is 0 Å². The van der Waals surface area contributed by atoms with Gasteiger partial charge in [-0.1, -0.05) is 30.0 Å². The molecule has 31 heavy (non-hydrogen) atoms. The highest BCUT2D eigenvalue weighted by atomic mass is 32.2. The molecule has 7 nitrogen and oxygen atoms in total. The Kier molecular flexibility index (Phi) is 5.81. The quantitative estimate of drug-likeness (QED) is 0.252. The van der Waals surface area contributed by atoms with Crippen LogP contribution >= 0.6 is 11.8 Å². The number of hydrogen-bond acceptors (Lipinski definition) is 7. The van der Waals surface area contributed by atoms with Crippen LogP contribution in [0.25, 0.3) is 16.6 Å². The number of carbonyl (C=O) groups excluding carboxylic acids is 1. The van der Waals surface area contributed by atoms with Crippen LogP contribution in [0.15, 0.2) is 69.2 Å². The Morgan fingerprint density at radius 3 is 2.74 bits per heavy atom. The van der Waals surface area contributed by atoms with Crippen LogP contribution in [-0.4, -0.2) is 29.7 Å². The minimum atomic E-state index is -0.551. The second-order valence-corrected chi connectivity index (χ2v) is 7.73. The van der Waals surface area contributed by atoms with Gasteiger partial charge in [0.2, 0.25) is 5.76 Å². The first-order valence-electron chi connectivity index (χ1n) is 9.47. The van der Waals surface area contributed by atoms with Crippen molar-refractivity contribution < 1.29 is 18.7 Å². The largest absolute Gasteiger partial charge is 0.495 e. The van der Waals surface area contributed by atoms with Crippen molar-refractivity contribution >= 4 is 28.6 Å². The fourth-order valence-corrected chi connectivity index (χ4v) is 4.24. The van der Waals surface area contributed by atoms with Crippen molar-refractivity contribution in [1.82, 2.24) is 9.55 Å². The minimum absolute atomic E-state index is 0.137. The zero-order chi connectivity index (χ0) is 22.0. The molecule has 0 radical (unpaired) electrons. The number of para-hydroxylation sites is 1. The fourth-order valence-electron chi connectivity index (χ4n) is 3.26. The van der Waals surface area contributed by atoms with Crippen LogP contribution in [0.4, 0.5) is 0 Å². The van der Waals surface area contributed by atoms with Crippen LogP contribution in [0, 0.1) is 6.92 Å². The predicted octanol–water partition coefficient (Wildman–Crippen LogP) is 4.37. The van der Waals surface area contributed by atoms with Gasteiger partial charge in [0, 0.05) is 11.3 Å². The Hall–Kier alpha value is -3.52. The van der Waals surface area contributed by atoms with Gasteiger partial charge >= 0.3 is 5.97 Å². The molecule has 8 heteroatoms. The van der Waals surface area contributed by atoms with Gasteiger partial charge in [-0.25, -0.2) is 9.78 Å². The fraction of sp³-hybridized carbons (Fsp3) is 0.174. The summed E-state index contributed by atoms with van der Waals surface area (Å²) in [6.45, 7) is 1.95. The van der Waals surface area contributed by atoms with Crippen molar-refractivity contribution in [1.29, 1.82) is 0 Å². The normalized spacial score (nSPS) is 10.9. The summed E-state index contributed by atoms with van der Waals surface area (Å²) >= 11 is 1.32. The molecule has 2 aromatic heterocycles. The molecule has 0 spiro atoms. The first-order valence-corrected chi connectivity index (χ1v) is 10.5. The molecule has 0 fully saturated rings. The summed E-state index contributed by atoms with van der Waals surface area (Å²) in [5, 5.41) is 0.985. The van der Waals surface area contributed by atoms with E-state index in [1.165, 1.54) is 25.1 Å². The summed E-state index contributed by atoms with van der Waals surface area (Å²) < 4.78 is 17.1. The summed E-state index contributed by atoms with van der Waals surface area (Å²) in [5.41, 5.74) is 2.64. The maximum absolute atomic E-state index is 13.5. The van der Waals surface area contributed by atoms with Crippen molar-refractivity contribution in [2.45, 2.75) is 17.8 Å². The van der Waals surface area contributed by atoms with Crippen LogP contribution in [0.3, 0.4) is 0 Å². The van der Waals surface area contributed by atoms with E-state index < -0.39 is 5.97 Å². The van der Waals surface area contributed by atoms with E-state index >= 15 is 0 Å². The molecule has 0 bridgehead atoms. The van der Waals surface area contributed by atoms with E-state index in [4.69, 9.17) is 18.9 Å². The summed E-state index contributed by atoms with van der Waals surface area (Å²) in [5.74, 6) is 0.507. The van der Waals surface area contributed by atoms with E-state index in [2.05, 4.69) is 0 Å². The number of methoxy groups -OCH3 is 2. The summed E-state index contributed by atoms with van der Waals surface area (Å²) in [4.78, 5) is 30.1. The molecule has 0 amide bonds. The van der Waals surface area contributed by atoms with E-state index in [0.717, 1.165) is 5.56 Å². The Morgan fingerprint density at radius 1 is 1.16 bits per heavy atom. The monoisotopic (exact) mass is 436 g/mol. The molecule has 0 aliphatic carbocycles. The minimum Gasteiger partial charge on any atom is -0.495 e. The molecule has 0 saturated heterocycles. The number of furan rings is 1. The smallest absolute Gasteiger partial charge is 0.374 e. The third kappa shape index (κ3) is 3.94. The highest BCUT2D eigenvalue weighted by molar-refractivity contribution is 7.98. The van der Waals surface area contributed by atoms with E-state index in [-0.39, 0.29) is 11.3 Å². The molecule has 0 aliphatic heterocycles. The van der Waals surface area contributed by atoms with Crippen molar-refractivity contribution in [3.05, 3.63) is 82.0 Å². The lowest BCUT2D eigenvalue weighted by Gasteiger charge is -2.16. The Bertz CT molecular complexity index is 1330. The number of aryl methyl sites for hydroxylation is 1. The Labute approximate surface area is 182 Å². The van der Waals surface area contributed by atoms with Crippen LogP contribution in [0.1, 0.15) is 21.7 Å². The highest BCUT2D eigenvalue weighted by Crippen LogP contribution is 2.30. The molecule has 2 aromatic carbocycles. The van der Waals surface area contributed by atoms with Gasteiger partial charge in [0.25, 0.3) is 5.56 Å². The molecule has 4 aromatic rings. The number of thioether (sulfide) groups is 1. The van der Waals surface area contributed by atoms with Crippen molar-refractivity contribution in [3.8, 4) is 11.4 Å². The molecular formula is C23H20N2O5S. The molecule has 4 rings (SSSR count). The summed E-state index contributed by atoms with van der Waals surface area (Å²) in [6, 6.07) is 14.5. The molecule has 0 N–H and O–H groups in total. The average molecular weight is 436 g/mol. The second-order valence-electron chi connectivity index (χ2n) is 6.78. The van der Waals surface area contributed by atoms with E-state index in [0.29, 0.717) is 38.8 Å². The van der Waals surface area contributed by atoms with Crippen molar-refractivity contribution in [2.75, 3.05) is 14.2 Å². The van der Waals surface area contributed by atoms with E-state index in [1.54, 1.807) is 29.9 Å². The lowest BCUT2D eigenvalue weighted by molar-refractivity contribution is 0.0564. The second kappa shape index (κ2) is 8.69. The van der Waals surface area contributed by atoms with Gasteiger partial charge < -0.3 is 13.9 Å². The van der Waals surface area contributed by atoms with Crippen LogP contribution in [0.5, 0.6) is 5.75 Å². The van der Waals surface area contributed by atoms with Crippen LogP contribution in [-0.2, 0) is 10.5 Å². The molecule has 158 valence electrons. The van der Waals surface area contributed by atoms with Gasteiger partial charge in [-0.3, -0.25) is 9.36 Å². The van der Waals surface area contributed by atoms with Gasteiger partial charge in [-0.05, 0) is 42.8 Å². The Morgan fingerprint density at radius 2 is 1.97 bits per heavy atom. The third-order valence-corrected chi connectivity index (χ3v) is 5.78. The number of nitrogens with zero attached hydrogens (tertiary/aromatic N) is 2. The van der Waals surface area contributed by atoms with Gasteiger partial charge in [0.05, 0.1) is 37.1 Å². The summed E-state index contributed by atoms with van der Waals surface area (Å²) in [6.07, 6.45) is 1.44. The zero-order valence-corrected chi connectivity index (χ0v) is 18.1. The molecular weight excluding hydrogens is 416 g/mol. The Balaban J connectivity index is 1.86. The number of aromatic nitrogens is 2. The number of rotatable bonds is 6. The lowest BCUT2D eigenvalue weighted by atomic mass is 10.2. The molecule has 0 atom stereocenters. The molecule has 0 unspecified atom stereocenters. The lowest BCUT2D eigenvalue weighted by Crippen LogP contribution is -2.22. The van der Waals surface area contributed by atoms with Crippen LogP contribution in [0.2, 0.25) is 0 Å². The maximum atomic E-state index is 13.5.